The highest BCUT2D eigenvalue weighted by molar-refractivity contribution is 7.99. The summed E-state index contributed by atoms with van der Waals surface area (Å²) in [5.41, 5.74) is 1.09. The number of rotatable bonds is 8. The van der Waals surface area contributed by atoms with Gasteiger partial charge in [-0.15, -0.1) is 11.8 Å². The molecule has 0 aromatic heterocycles. The molecule has 0 bridgehead atoms. The number of nitrogens with one attached hydrogen (secondary N) is 1. The number of benzene rings is 2. The molecule has 128 valence electrons. The molecule has 0 radical (unpaired) electrons. The van der Waals surface area contributed by atoms with Crippen LogP contribution in [0.1, 0.15) is 18.9 Å². The Morgan fingerprint density at radius 2 is 1.92 bits per heavy atom. The van der Waals surface area contributed by atoms with E-state index < -0.39 is 0 Å². The maximum Gasteiger partial charge on any atom is 0.221 e. The first-order chi connectivity index (χ1) is 11.5. The van der Waals surface area contributed by atoms with E-state index >= 15 is 0 Å². The van der Waals surface area contributed by atoms with Gasteiger partial charge in [-0.2, -0.15) is 0 Å². The molecule has 1 unspecified atom stereocenters. The second-order valence-corrected chi connectivity index (χ2v) is 7.20. The Bertz CT molecular complexity index is 661. The molecule has 0 saturated heterocycles. The minimum atomic E-state index is -0.0300. The standard InChI is InChI=1S/C19H22ClNO2S/c1-14-5-3-4-6-18(14)23-13-15(2)21-19(22)11-12-24-17-9-7-16(20)8-10-17/h3-10,15H,11-13H2,1-2H3,(H,21,22). The summed E-state index contributed by atoms with van der Waals surface area (Å²) in [5, 5.41) is 3.69. The van der Waals surface area contributed by atoms with E-state index in [1.807, 2.05) is 62.4 Å². The third-order valence-corrected chi connectivity index (χ3v) is 4.67. The number of thioether (sulfide) groups is 1. The van der Waals surface area contributed by atoms with Crippen molar-refractivity contribution in [3.05, 3.63) is 59.1 Å². The fraction of sp³-hybridized carbons (Fsp3) is 0.316. The average molecular weight is 364 g/mol. The SMILES string of the molecule is Cc1ccccc1OCC(C)NC(=O)CCSc1ccc(Cl)cc1. The maximum absolute atomic E-state index is 12.0. The first kappa shape index (κ1) is 18.7. The number of hydrogen-bond acceptors (Lipinski definition) is 3. The van der Waals surface area contributed by atoms with E-state index in [9.17, 15) is 4.79 Å². The summed E-state index contributed by atoms with van der Waals surface area (Å²) in [4.78, 5) is 13.1. The molecule has 0 aliphatic carbocycles. The van der Waals surface area contributed by atoms with Crippen LogP contribution in [0.3, 0.4) is 0 Å². The van der Waals surface area contributed by atoms with Gasteiger partial charge < -0.3 is 10.1 Å². The summed E-state index contributed by atoms with van der Waals surface area (Å²) >= 11 is 7.50. The number of halogens is 1. The Hall–Kier alpha value is -1.65. The highest BCUT2D eigenvalue weighted by Crippen LogP contribution is 2.21. The minimum absolute atomic E-state index is 0.0300. The van der Waals surface area contributed by atoms with Gasteiger partial charge in [0.2, 0.25) is 5.91 Å². The van der Waals surface area contributed by atoms with Gasteiger partial charge in [0, 0.05) is 22.1 Å². The average Bonchev–Trinajstić information content (AvgIpc) is 2.56. The van der Waals surface area contributed by atoms with Gasteiger partial charge in [0.05, 0.1) is 6.04 Å². The molecule has 0 spiro atoms. The van der Waals surface area contributed by atoms with E-state index in [0.717, 1.165) is 27.0 Å². The molecule has 1 atom stereocenters. The summed E-state index contributed by atoms with van der Waals surface area (Å²) < 4.78 is 5.75. The van der Waals surface area contributed by atoms with Gasteiger partial charge in [0.1, 0.15) is 12.4 Å². The lowest BCUT2D eigenvalue weighted by molar-refractivity contribution is -0.121. The monoisotopic (exact) mass is 363 g/mol. The van der Waals surface area contributed by atoms with E-state index in [2.05, 4.69) is 5.32 Å². The van der Waals surface area contributed by atoms with Crippen LogP contribution in [0, 0.1) is 6.92 Å². The van der Waals surface area contributed by atoms with E-state index in [-0.39, 0.29) is 11.9 Å². The molecule has 0 heterocycles. The van der Waals surface area contributed by atoms with Crippen LogP contribution in [0.25, 0.3) is 0 Å². The van der Waals surface area contributed by atoms with E-state index in [0.29, 0.717) is 13.0 Å². The zero-order valence-electron chi connectivity index (χ0n) is 13.9. The van der Waals surface area contributed by atoms with Crippen LogP contribution in [0.5, 0.6) is 5.75 Å². The Morgan fingerprint density at radius 1 is 1.21 bits per heavy atom. The van der Waals surface area contributed by atoms with Crippen LogP contribution in [0.2, 0.25) is 5.02 Å². The van der Waals surface area contributed by atoms with E-state index in [4.69, 9.17) is 16.3 Å². The first-order valence-electron chi connectivity index (χ1n) is 7.91. The number of carbonyl (C=O) groups is 1. The van der Waals surface area contributed by atoms with Crippen molar-refractivity contribution in [2.45, 2.75) is 31.2 Å². The number of ether oxygens (including phenoxy) is 1. The summed E-state index contributed by atoms with van der Waals surface area (Å²) in [6.45, 7) is 4.41. The van der Waals surface area contributed by atoms with Crippen LogP contribution in [0.15, 0.2) is 53.4 Å². The van der Waals surface area contributed by atoms with E-state index in [1.165, 1.54) is 0 Å². The second-order valence-electron chi connectivity index (χ2n) is 5.60. The molecule has 0 aliphatic rings. The van der Waals surface area contributed by atoms with Crippen LogP contribution in [-0.2, 0) is 4.79 Å². The summed E-state index contributed by atoms with van der Waals surface area (Å²) in [5.74, 6) is 1.63. The van der Waals surface area contributed by atoms with Crippen molar-refractivity contribution in [1.29, 1.82) is 0 Å². The lowest BCUT2D eigenvalue weighted by atomic mass is 10.2. The third kappa shape index (κ3) is 6.46. The normalized spacial score (nSPS) is 11.8. The largest absolute Gasteiger partial charge is 0.491 e. The number of carbonyl (C=O) groups excluding carboxylic acids is 1. The van der Waals surface area contributed by atoms with Crippen molar-refractivity contribution in [2.24, 2.45) is 0 Å². The van der Waals surface area contributed by atoms with Gasteiger partial charge in [-0.25, -0.2) is 0 Å². The summed E-state index contributed by atoms with van der Waals surface area (Å²) in [6.07, 6.45) is 0.474. The van der Waals surface area contributed by atoms with Gasteiger partial charge in [-0.05, 0) is 49.7 Å². The number of para-hydroxylation sites is 1. The number of amides is 1. The number of hydrogen-bond donors (Lipinski definition) is 1. The van der Waals surface area contributed by atoms with Crippen LogP contribution < -0.4 is 10.1 Å². The molecule has 2 rings (SSSR count). The summed E-state index contributed by atoms with van der Waals surface area (Å²) in [6, 6.07) is 15.5. The second kappa shape index (κ2) is 9.60. The van der Waals surface area contributed by atoms with Gasteiger partial charge in [-0.1, -0.05) is 29.8 Å². The number of aryl methyl sites for hydroxylation is 1. The molecule has 3 nitrogen and oxygen atoms in total. The van der Waals surface area contributed by atoms with Crippen molar-refractivity contribution in [3.63, 3.8) is 0 Å². The Balaban J connectivity index is 1.66. The van der Waals surface area contributed by atoms with Crippen LogP contribution in [0.4, 0.5) is 0 Å². The Labute approximate surface area is 152 Å². The van der Waals surface area contributed by atoms with Crippen molar-refractivity contribution in [3.8, 4) is 5.75 Å². The zero-order valence-corrected chi connectivity index (χ0v) is 15.5. The molecular formula is C19H22ClNO2S. The smallest absolute Gasteiger partial charge is 0.221 e. The lowest BCUT2D eigenvalue weighted by Crippen LogP contribution is -2.37. The molecule has 0 aliphatic heterocycles. The predicted molar refractivity (Wildman–Crippen MR) is 101 cm³/mol. The molecule has 1 amide bonds. The maximum atomic E-state index is 12.0. The molecule has 24 heavy (non-hydrogen) atoms. The van der Waals surface area contributed by atoms with Gasteiger partial charge in [0.15, 0.2) is 0 Å². The van der Waals surface area contributed by atoms with Crippen LogP contribution >= 0.6 is 23.4 Å². The quantitative estimate of drug-likeness (QED) is 0.690. The lowest BCUT2D eigenvalue weighted by Gasteiger charge is -2.16. The highest BCUT2D eigenvalue weighted by Gasteiger charge is 2.09. The topological polar surface area (TPSA) is 38.3 Å². The van der Waals surface area contributed by atoms with Crippen molar-refractivity contribution >= 4 is 29.3 Å². The van der Waals surface area contributed by atoms with Gasteiger partial charge in [0.25, 0.3) is 0 Å². The van der Waals surface area contributed by atoms with Gasteiger partial charge >= 0.3 is 0 Å². The highest BCUT2D eigenvalue weighted by atomic mass is 35.5. The zero-order chi connectivity index (χ0) is 17.4. The first-order valence-corrected chi connectivity index (χ1v) is 9.27. The molecule has 2 aromatic rings. The summed E-state index contributed by atoms with van der Waals surface area (Å²) in [7, 11) is 0. The third-order valence-electron chi connectivity index (χ3n) is 3.40. The Kier molecular flexibility index (Phi) is 7.47. The molecule has 0 saturated carbocycles. The minimum Gasteiger partial charge on any atom is -0.491 e. The van der Waals surface area contributed by atoms with Crippen molar-refractivity contribution < 1.29 is 9.53 Å². The van der Waals surface area contributed by atoms with Crippen LogP contribution in [-0.4, -0.2) is 24.3 Å². The molecule has 5 heteroatoms. The molecule has 2 aromatic carbocycles. The van der Waals surface area contributed by atoms with Crippen molar-refractivity contribution in [2.75, 3.05) is 12.4 Å². The fourth-order valence-electron chi connectivity index (χ4n) is 2.11. The molecule has 1 N–H and O–H groups in total. The molecule has 0 fully saturated rings. The fourth-order valence-corrected chi connectivity index (χ4v) is 3.09. The molecular weight excluding hydrogens is 342 g/mol. The van der Waals surface area contributed by atoms with Crippen molar-refractivity contribution in [1.82, 2.24) is 5.32 Å². The van der Waals surface area contributed by atoms with E-state index in [1.54, 1.807) is 11.8 Å². The van der Waals surface area contributed by atoms with Gasteiger partial charge in [-0.3, -0.25) is 4.79 Å². The Morgan fingerprint density at radius 3 is 2.62 bits per heavy atom. The predicted octanol–water partition coefficient (Wildman–Crippen LogP) is 4.71.